The summed E-state index contributed by atoms with van der Waals surface area (Å²) in [4.78, 5) is 26.8. The number of fused-ring (bicyclic) bond motifs is 1. The molecule has 31 heavy (non-hydrogen) atoms. The van der Waals surface area contributed by atoms with Crippen LogP contribution in [0.2, 0.25) is 0 Å². The molecule has 164 valence electrons. The minimum absolute atomic E-state index is 0.0586. The maximum atomic E-state index is 13.4. The van der Waals surface area contributed by atoms with Crippen LogP contribution in [0.5, 0.6) is 0 Å². The Morgan fingerprint density at radius 1 is 0.968 bits per heavy atom. The second kappa shape index (κ2) is 8.07. The molecule has 0 aromatic heterocycles. The van der Waals surface area contributed by atoms with E-state index < -0.39 is 15.8 Å². The highest BCUT2D eigenvalue weighted by molar-refractivity contribution is 7.92. The molecule has 0 spiro atoms. The smallest absolute Gasteiger partial charge is 0.262 e. The molecular formula is C23H25FN2O4S. The summed E-state index contributed by atoms with van der Waals surface area (Å²) in [5.41, 5.74) is 1.86. The highest BCUT2D eigenvalue weighted by atomic mass is 32.2. The molecule has 6 nitrogen and oxygen atoms in total. The Hall–Kier alpha value is -2.74. The molecule has 0 bridgehead atoms. The maximum Gasteiger partial charge on any atom is 0.262 e. The molecule has 4 rings (SSSR count). The van der Waals surface area contributed by atoms with Crippen LogP contribution in [0.15, 0.2) is 41.3 Å². The van der Waals surface area contributed by atoms with Crippen LogP contribution in [-0.4, -0.2) is 25.1 Å². The molecule has 2 aliphatic rings. The van der Waals surface area contributed by atoms with Crippen LogP contribution in [0.1, 0.15) is 42.4 Å². The van der Waals surface area contributed by atoms with E-state index in [1.165, 1.54) is 29.2 Å². The Bertz CT molecular complexity index is 1140. The lowest BCUT2D eigenvalue weighted by Gasteiger charge is -2.19. The number of carbonyl (C=O) groups excluding carboxylic acids is 2. The van der Waals surface area contributed by atoms with Crippen molar-refractivity contribution in [3.05, 3.63) is 58.9 Å². The van der Waals surface area contributed by atoms with E-state index in [4.69, 9.17) is 0 Å². The lowest BCUT2D eigenvalue weighted by atomic mass is 9.81. The number of benzene rings is 2. The lowest BCUT2D eigenvalue weighted by Crippen LogP contribution is -2.30. The van der Waals surface area contributed by atoms with E-state index in [0.717, 1.165) is 25.7 Å². The number of sulfonamides is 1. The summed E-state index contributed by atoms with van der Waals surface area (Å²) in [7, 11) is -3.94. The van der Waals surface area contributed by atoms with Crippen LogP contribution in [0.3, 0.4) is 0 Å². The predicted octanol–water partition coefficient (Wildman–Crippen LogP) is 3.92. The SMILES string of the molecule is Cc1cc(F)ccc1NS(=O)(=O)c1cc(CN2C(=O)C3CCCCC3C2=O)ccc1C. The van der Waals surface area contributed by atoms with Gasteiger partial charge in [-0.1, -0.05) is 25.0 Å². The summed E-state index contributed by atoms with van der Waals surface area (Å²) in [6.07, 6.45) is 3.38. The summed E-state index contributed by atoms with van der Waals surface area (Å²) in [6, 6.07) is 8.73. The van der Waals surface area contributed by atoms with Crippen molar-refractivity contribution in [2.45, 2.75) is 51.0 Å². The van der Waals surface area contributed by atoms with Gasteiger partial charge in [-0.3, -0.25) is 19.2 Å². The molecule has 1 saturated carbocycles. The number of nitrogens with zero attached hydrogens (tertiary/aromatic N) is 1. The number of hydrogen-bond acceptors (Lipinski definition) is 4. The lowest BCUT2D eigenvalue weighted by molar-refractivity contribution is -0.140. The van der Waals surface area contributed by atoms with Crippen LogP contribution in [0.25, 0.3) is 0 Å². The van der Waals surface area contributed by atoms with Crippen molar-refractivity contribution in [1.29, 1.82) is 0 Å². The standard InChI is InChI=1S/C23H25FN2O4S/c1-14-7-8-16(13-26-22(27)18-5-3-4-6-19(18)23(26)28)12-21(14)31(29,30)25-20-10-9-17(24)11-15(20)2/h7-12,18-19,25H,3-6,13H2,1-2H3. The second-order valence-corrected chi connectivity index (χ2v) is 10.1. The van der Waals surface area contributed by atoms with Crippen molar-refractivity contribution < 1.29 is 22.4 Å². The number of carbonyl (C=O) groups is 2. The molecule has 1 saturated heterocycles. The highest BCUT2D eigenvalue weighted by Crippen LogP contribution is 2.38. The van der Waals surface area contributed by atoms with Gasteiger partial charge in [0.05, 0.1) is 29.0 Å². The molecule has 2 amide bonds. The Labute approximate surface area is 181 Å². The number of nitrogens with one attached hydrogen (secondary N) is 1. The number of rotatable bonds is 5. The molecule has 2 unspecified atom stereocenters. The third-order valence-electron chi connectivity index (χ3n) is 6.25. The molecule has 1 aliphatic carbocycles. The van der Waals surface area contributed by atoms with E-state index in [1.54, 1.807) is 26.0 Å². The zero-order valence-electron chi connectivity index (χ0n) is 17.5. The van der Waals surface area contributed by atoms with Crippen LogP contribution in [-0.2, 0) is 26.2 Å². The average molecular weight is 445 g/mol. The number of likely N-dealkylation sites (tertiary alicyclic amines) is 1. The van der Waals surface area contributed by atoms with Gasteiger partial charge < -0.3 is 0 Å². The fourth-order valence-electron chi connectivity index (χ4n) is 4.54. The normalized spacial score (nSPS) is 21.3. The van der Waals surface area contributed by atoms with Crippen molar-refractivity contribution in [2.24, 2.45) is 11.8 Å². The monoisotopic (exact) mass is 444 g/mol. The van der Waals surface area contributed by atoms with Crippen LogP contribution >= 0.6 is 0 Å². The van der Waals surface area contributed by atoms with Gasteiger partial charge in [0.25, 0.3) is 10.0 Å². The van der Waals surface area contributed by atoms with Crippen molar-refractivity contribution in [1.82, 2.24) is 4.90 Å². The second-order valence-electron chi connectivity index (χ2n) is 8.42. The van der Waals surface area contributed by atoms with E-state index in [2.05, 4.69) is 4.72 Å². The zero-order chi connectivity index (χ0) is 22.3. The third kappa shape index (κ3) is 4.08. The Balaban J connectivity index is 1.60. The van der Waals surface area contributed by atoms with Gasteiger partial charge in [-0.25, -0.2) is 12.8 Å². The first-order valence-electron chi connectivity index (χ1n) is 10.4. The summed E-state index contributed by atoms with van der Waals surface area (Å²) in [5.74, 6) is -1.23. The van der Waals surface area contributed by atoms with E-state index >= 15 is 0 Å². The molecule has 1 aliphatic heterocycles. The van der Waals surface area contributed by atoms with Crippen molar-refractivity contribution in [3.8, 4) is 0 Å². The largest absolute Gasteiger partial charge is 0.279 e. The third-order valence-corrected chi connectivity index (χ3v) is 7.76. The van der Waals surface area contributed by atoms with Gasteiger partial charge >= 0.3 is 0 Å². The highest BCUT2D eigenvalue weighted by Gasteiger charge is 2.47. The van der Waals surface area contributed by atoms with Gasteiger partial charge in [0.2, 0.25) is 11.8 Å². The fraction of sp³-hybridized carbons (Fsp3) is 0.391. The number of amides is 2. The van der Waals surface area contributed by atoms with Gasteiger partial charge in [-0.05, 0) is 67.6 Å². The number of imide groups is 1. The van der Waals surface area contributed by atoms with Crippen LogP contribution in [0, 0.1) is 31.5 Å². The molecule has 0 radical (unpaired) electrons. The molecule has 1 N–H and O–H groups in total. The molecule has 8 heteroatoms. The summed E-state index contributed by atoms with van der Waals surface area (Å²) >= 11 is 0. The topological polar surface area (TPSA) is 83.6 Å². The minimum Gasteiger partial charge on any atom is -0.279 e. The first-order chi connectivity index (χ1) is 14.7. The summed E-state index contributed by atoms with van der Waals surface area (Å²) < 4.78 is 41.9. The van der Waals surface area contributed by atoms with Gasteiger partial charge in [0.1, 0.15) is 5.82 Å². The van der Waals surface area contributed by atoms with E-state index in [-0.39, 0.29) is 35.1 Å². The van der Waals surface area contributed by atoms with Crippen LogP contribution in [0.4, 0.5) is 10.1 Å². The number of anilines is 1. The molecule has 2 aromatic rings. The molecule has 2 aromatic carbocycles. The van der Waals surface area contributed by atoms with E-state index in [1.807, 2.05) is 0 Å². The van der Waals surface area contributed by atoms with Gasteiger partial charge in [0.15, 0.2) is 0 Å². The van der Waals surface area contributed by atoms with E-state index in [9.17, 15) is 22.4 Å². The first kappa shape index (κ1) is 21.5. The number of hydrogen-bond donors (Lipinski definition) is 1. The van der Waals surface area contributed by atoms with Gasteiger partial charge in [-0.2, -0.15) is 0 Å². The van der Waals surface area contributed by atoms with E-state index in [0.29, 0.717) is 22.4 Å². The molecule has 2 atom stereocenters. The fourth-order valence-corrected chi connectivity index (χ4v) is 5.97. The van der Waals surface area contributed by atoms with Crippen molar-refractivity contribution >= 4 is 27.5 Å². The van der Waals surface area contributed by atoms with Gasteiger partial charge in [-0.15, -0.1) is 0 Å². The van der Waals surface area contributed by atoms with Crippen molar-refractivity contribution in [2.75, 3.05) is 4.72 Å². The van der Waals surface area contributed by atoms with Gasteiger partial charge in [0, 0.05) is 0 Å². The minimum atomic E-state index is -3.94. The Kier molecular flexibility index (Phi) is 5.60. The first-order valence-corrected chi connectivity index (χ1v) is 11.9. The maximum absolute atomic E-state index is 13.4. The molecular weight excluding hydrogens is 419 g/mol. The summed E-state index contributed by atoms with van der Waals surface area (Å²) in [6.45, 7) is 3.36. The molecule has 1 heterocycles. The van der Waals surface area contributed by atoms with Crippen LogP contribution < -0.4 is 4.72 Å². The predicted molar refractivity (Wildman–Crippen MR) is 114 cm³/mol. The number of halogens is 1. The van der Waals surface area contributed by atoms with Crippen molar-refractivity contribution in [3.63, 3.8) is 0 Å². The average Bonchev–Trinajstić information content (AvgIpc) is 2.96. The molecule has 2 fully saturated rings. The summed E-state index contributed by atoms with van der Waals surface area (Å²) in [5, 5.41) is 0. The zero-order valence-corrected chi connectivity index (χ0v) is 18.3. The quantitative estimate of drug-likeness (QED) is 0.709. The Morgan fingerprint density at radius 3 is 2.23 bits per heavy atom. The number of aryl methyl sites for hydroxylation is 2. The Morgan fingerprint density at radius 2 is 1.61 bits per heavy atom.